The van der Waals surface area contributed by atoms with Crippen LogP contribution in [-0.4, -0.2) is 27.4 Å². The third-order valence-corrected chi connectivity index (χ3v) is 6.24. The maximum atomic E-state index is 12.3. The number of aryl methyl sites for hydroxylation is 2. The zero-order valence-electron chi connectivity index (χ0n) is 14.0. The molecule has 1 aromatic heterocycles. The summed E-state index contributed by atoms with van der Waals surface area (Å²) in [5.41, 5.74) is 6.84. The summed E-state index contributed by atoms with van der Waals surface area (Å²) in [5.74, 6) is -0.243. The number of benzene rings is 1. The Labute approximate surface area is 158 Å². The summed E-state index contributed by atoms with van der Waals surface area (Å²) in [6.07, 6.45) is 0.879. The van der Waals surface area contributed by atoms with E-state index in [-0.39, 0.29) is 36.3 Å². The minimum absolute atomic E-state index is 0. The molecule has 0 atom stereocenters. The van der Waals surface area contributed by atoms with Gasteiger partial charge in [0.2, 0.25) is 10.0 Å². The summed E-state index contributed by atoms with van der Waals surface area (Å²) < 4.78 is 26.6. The number of carbonyl (C=O) groups is 1. The van der Waals surface area contributed by atoms with Crippen LogP contribution < -0.4 is 15.8 Å². The molecule has 138 valence electrons. The molecule has 0 unspecified atom stereocenters. The van der Waals surface area contributed by atoms with Crippen LogP contribution >= 0.6 is 23.7 Å². The highest BCUT2D eigenvalue weighted by atomic mass is 35.5. The molecule has 0 aliphatic rings. The summed E-state index contributed by atoms with van der Waals surface area (Å²) in [5, 5.41) is 2.75. The second-order valence-corrected chi connectivity index (χ2v) is 8.14. The van der Waals surface area contributed by atoms with Crippen LogP contribution in [0.1, 0.15) is 27.0 Å². The highest BCUT2D eigenvalue weighted by Crippen LogP contribution is 2.24. The van der Waals surface area contributed by atoms with E-state index in [1.807, 2.05) is 19.9 Å². The number of carbonyl (C=O) groups excluding carboxylic acids is 1. The number of sulfonamides is 1. The molecule has 1 amide bonds. The molecular weight excluding hydrogens is 382 g/mol. The quantitative estimate of drug-likeness (QED) is 0.661. The van der Waals surface area contributed by atoms with Gasteiger partial charge in [0.1, 0.15) is 0 Å². The molecule has 2 rings (SSSR count). The van der Waals surface area contributed by atoms with Crippen molar-refractivity contribution >= 4 is 45.4 Å². The maximum absolute atomic E-state index is 12.3. The van der Waals surface area contributed by atoms with Gasteiger partial charge in [-0.1, -0.05) is 13.0 Å². The third-order valence-electron chi connectivity index (χ3n) is 3.40. The van der Waals surface area contributed by atoms with Crippen molar-refractivity contribution in [2.24, 2.45) is 5.73 Å². The van der Waals surface area contributed by atoms with E-state index in [9.17, 15) is 13.2 Å². The zero-order valence-corrected chi connectivity index (χ0v) is 16.5. The first-order valence-corrected chi connectivity index (χ1v) is 9.87. The van der Waals surface area contributed by atoms with Gasteiger partial charge in [0.05, 0.1) is 9.77 Å². The molecule has 1 heterocycles. The predicted molar refractivity (Wildman–Crippen MR) is 104 cm³/mol. The number of hydrogen-bond donors (Lipinski definition) is 3. The topological polar surface area (TPSA) is 101 Å². The Morgan fingerprint density at radius 3 is 2.60 bits per heavy atom. The molecule has 0 radical (unpaired) electrons. The monoisotopic (exact) mass is 403 g/mol. The Hall–Kier alpha value is -1.45. The summed E-state index contributed by atoms with van der Waals surface area (Å²) >= 11 is 1.45. The lowest BCUT2D eigenvalue weighted by Crippen LogP contribution is -2.29. The summed E-state index contributed by atoms with van der Waals surface area (Å²) in [6.45, 7) is 4.39. The fourth-order valence-electron chi connectivity index (χ4n) is 2.19. The highest BCUT2D eigenvalue weighted by molar-refractivity contribution is 7.89. The lowest BCUT2D eigenvalue weighted by atomic mass is 10.2. The standard InChI is InChI=1S/C16H21N3O3S2.ClH/c1-3-14-11(2)9-15(23-14)16(20)19-12-5-4-6-13(10-12)24(21,22)18-8-7-17;/h4-6,9-10,18H,3,7-8,17H2,1-2H3,(H,19,20);1H. The van der Waals surface area contributed by atoms with Gasteiger partial charge in [-0.05, 0) is 43.2 Å². The van der Waals surface area contributed by atoms with E-state index in [0.717, 1.165) is 12.0 Å². The molecule has 0 saturated heterocycles. The maximum Gasteiger partial charge on any atom is 0.265 e. The van der Waals surface area contributed by atoms with Crippen molar-refractivity contribution < 1.29 is 13.2 Å². The van der Waals surface area contributed by atoms with Crippen molar-refractivity contribution in [1.82, 2.24) is 4.72 Å². The van der Waals surface area contributed by atoms with Crippen molar-refractivity contribution in [1.29, 1.82) is 0 Å². The van der Waals surface area contributed by atoms with E-state index in [4.69, 9.17) is 5.73 Å². The van der Waals surface area contributed by atoms with Gasteiger partial charge in [0, 0.05) is 23.7 Å². The predicted octanol–water partition coefficient (Wildman–Crippen LogP) is 2.53. The largest absolute Gasteiger partial charge is 0.329 e. The van der Waals surface area contributed by atoms with Gasteiger partial charge >= 0.3 is 0 Å². The molecule has 0 aliphatic carbocycles. The molecular formula is C16H22ClN3O3S2. The fourth-order valence-corrected chi connectivity index (χ4v) is 4.30. The van der Waals surface area contributed by atoms with Crippen molar-refractivity contribution in [3.05, 3.63) is 45.6 Å². The normalized spacial score (nSPS) is 11.0. The molecule has 0 bridgehead atoms. The Morgan fingerprint density at radius 2 is 2.00 bits per heavy atom. The van der Waals surface area contributed by atoms with Crippen molar-refractivity contribution in [3.8, 4) is 0 Å². The average Bonchev–Trinajstić information content (AvgIpc) is 2.94. The number of nitrogens with two attached hydrogens (primary N) is 1. The molecule has 4 N–H and O–H groups in total. The molecule has 25 heavy (non-hydrogen) atoms. The lowest BCUT2D eigenvalue weighted by Gasteiger charge is -2.08. The van der Waals surface area contributed by atoms with Crippen LogP contribution in [0.2, 0.25) is 0 Å². The number of nitrogens with one attached hydrogen (secondary N) is 2. The van der Waals surface area contributed by atoms with Gasteiger partial charge < -0.3 is 11.1 Å². The second-order valence-electron chi connectivity index (χ2n) is 5.24. The minimum Gasteiger partial charge on any atom is -0.329 e. The van der Waals surface area contributed by atoms with Crippen molar-refractivity contribution in [2.45, 2.75) is 25.2 Å². The number of hydrogen-bond acceptors (Lipinski definition) is 5. The molecule has 1 aromatic carbocycles. The van der Waals surface area contributed by atoms with Crippen LogP contribution in [0.25, 0.3) is 0 Å². The van der Waals surface area contributed by atoms with E-state index < -0.39 is 10.0 Å². The molecule has 9 heteroatoms. The first-order valence-electron chi connectivity index (χ1n) is 7.58. The second kappa shape index (κ2) is 9.30. The van der Waals surface area contributed by atoms with E-state index in [1.54, 1.807) is 12.1 Å². The first kappa shape index (κ1) is 21.6. The molecule has 0 saturated carbocycles. The van der Waals surface area contributed by atoms with Gasteiger partial charge in [-0.25, -0.2) is 13.1 Å². The molecule has 0 aliphatic heterocycles. The number of amides is 1. The summed E-state index contributed by atoms with van der Waals surface area (Å²) in [6, 6.07) is 7.99. The van der Waals surface area contributed by atoms with Crippen LogP contribution in [0.15, 0.2) is 35.2 Å². The van der Waals surface area contributed by atoms with E-state index in [0.29, 0.717) is 10.6 Å². The van der Waals surface area contributed by atoms with Gasteiger partial charge in [0.25, 0.3) is 5.91 Å². The smallest absolute Gasteiger partial charge is 0.265 e. The summed E-state index contributed by atoms with van der Waals surface area (Å²) in [4.78, 5) is 14.2. The van der Waals surface area contributed by atoms with E-state index in [1.165, 1.54) is 28.3 Å². The van der Waals surface area contributed by atoms with Crippen LogP contribution in [0.4, 0.5) is 5.69 Å². The zero-order chi connectivity index (χ0) is 17.7. The van der Waals surface area contributed by atoms with Crippen LogP contribution in [0.5, 0.6) is 0 Å². The average molecular weight is 404 g/mol. The van der Waals surface area contributed by atoms with E-state index in [2.05, 4.69) is 10.0 Å². The van der Waals surface area contributed by atoms with Gasteiger partial charge in [-0.2, -0.15) is 0 Å². The Morgan fingerprint density at radius 1 is 1.28 bits per heavy atom. The molecule has 0 spiro atoms. The molecule has 2 aromatic rings. The van der Waals surface area contributed by atoms with Gasteiger partial charge in [-0.3, -0.25) is 4.79 Å². The van der Waals surface area contributed by atoms with E-state index >= 15 is 0 Å². The number of anilines is 1. The SMILES string of the molecule is CCc1sc(C(=O)Nc2cccc(S(=O)(=O)NCCN)c2)cc1C.Cl. The van der Waals surface area contributed by atoms with Crippen molar-refractivity contribution in [2.75, 3.05) is 18.4 Å². The third kappa shape index (κ3) is 5.52. The van der Waals surface area contributed by atoms with Gasteiger partial charge in [0.15, 0.2) is 0 Å². The van der Waals surface area contributed by atoms with Gasteiger partial charge in [-0.15, -0.1) is 23.7 Å². The minimum atomic E-state index is -3.63. The Kier molecular flexibility index (Phi) is 8.04. The fraction of sp³-hybridized carbons (Fsp3) is 0.312. The Balaban J connectivity index is 0.00000312. The molecule has 6 nitrogen and oxygen atoms in total. The van der Waals surface area contributed by atoms with Crippen molar-refractivity contribution in [3.63, 3.8) is 0 Å². The van der Waals surface area contributed by atoms with Crippen LogP contribution in [0, 0.1) is 6.92 Å². The summed E-state index contributed by atoms with van der Waals surface area (Å²) in [7, 11) is -3.63. The van der Waals surface area contributed by atoms with Crippen LogP contribution in [-0.2, 0) is 16.4 Å². The Bertz CT molecular complexity index is 835. The number of thiophene rings is 1. The molecule has 0 fully saturated rings. The number of rotatable bonds is 7. The highest BCUT2D eigenvalue weighted by Gasteiger charge is 2.15. The lowest BCUT2D eigenvalue weighted by molar-refractivity contribution is 0.103. The number of halogens is 1. The first-order chi connectivity index (χ1) is 11.4. The van der Waals surface area contributed by atoms with Crippen LogP contribution in [0.3, 0.4) is 0 Å².